The minimum absolute atomic E-state index is 0.0263. The van der Waals surface area contributed by atoms with Crippen molar-refractivity contribution in [1.82, 2.24) is 14.3 Å². The van der Waals surface area contributed by atoms with E-state index >= 15 is 0 Å². The lowest BCUT2D eigenvalue weighted by molar-refractivity contribution is 0.0641. The van der Waals surface area contributed by atoms with E-state index in [1.165, 1.54) is 10.6 Å². The van der Waals surface area contributed by atoms with Crippen LogP contribution in [-0.4, -0.2) is 32.3 Å². The molecule has 0 atom stereocenters. The number of nitrogens with zero attached hydrogens (tertiary/aromatic N) is 3. The maximum Gasteiger partial charge on any atom is 0.270 e. The van der Waals surface area contributed by atoms with Crippen LogP contribution in [0, 0.1) is 0 Å². The first-order chi connectivity index (χ1) is 9.43. The molecule has 0 radical (unpaired) electrons. The molecule has 5 heteroatoms. The SMILES string of the molecule is CC(C)N(C(=O)c1cnc2ccccn2c1=O)C(C)C. The Hall–Kier alpha value is -2.17. The summed E-state index contributed by atoms with van der Waals surface area (Å²) in [6, 6.07) is 5.33. The third kappa shape index (κ3) is 2.43. The van der Waals surface area contributed by atoms with Gasteiger partial charge in [-0.05, 0) is 39.8 Å². The first kappa shape index (κ1) is 14.2. The van der Waals surface area contributed by atoms with E-state index in [0.29, 0.717) is 5.65 Å². The van der Waals surface area contributed by atoms with Crippen molar-refractivity contribution in [2.75, 3.05) is 0 Å². The van der Waals surface area contributed by atoms with E-state index in [2.05, 4.69) is 4.98 Å². The zero-order valence-electron chi connectivity index (χ0n) is 12.2. The summed E-state index contributed by atoms with van der Waals surface area (Å²) in [6.45, 7) is 7.74. The number of hydrogen-bond acceptors (Lipinski definition) is 3. The highest BCUT2D eigenvalue weighted by molar-refractivity contribution is 5.94. The van der Waals surface area contributed by atoms with Gasteiger partial charge in [0.2, 0.25) is 0 Å². The van der Waals surface area contributed by atoms with Gasteiger partial charge in [0, 0.05) is 24.5 Å². The molecule has 0 aromatic carbocycles. The Morgan fingerprint density at radius 2 is 1.85 bits per heavy atom. The molecule has 0 aliphatic carbocycles. The highest BCUT2D eigenvalue weighted by Crippen LogP contribution is 2.10. The number of fused-ring (bicyclic) bond motifs is 1. The second-order valence-electron chi connectivity index (χ2n) is 5.31. The Labute approximate surface area is 117 Å². The summed E-state index contributed by atoms with van der Waals surface area (Å²) in [5.41, 5.74) is 0.317. The number of amides is 1. The molecule has 2 heterocycles. The quantitative estimate of drug-likeness (QED) is 0.859. The van der Waals surface area contributed by atoms with E-state index in [9.17, 15) is 9.59 Å². The van der Waals surface area contributed by atoms with Crippen molar-refractivity contribution in [1.29, 1.82) is 0 Å². The molecule has 2 rings (SSSR count). The molecule has 1 amide bonds. The fourth-order valence-electron chi connectivity index (χ4n) is 2.38. The zero-order chi connectivity index (χ0) is 14.9. The number of pyridine rings is 1. The van der Waals surface area contributed by atoms with Gasteiger partial charge in [0.1, 0.15) is 11.2 Å². The van der Waals surface area contributed by atoms with E-state index in [1.54, 1.807) is 29.3 Å². The van der Waals surface area contributed by atoms with Crippen molar-refractivity contribution in [3.8, 4) is 0 Å². The molecule has 0 bridgehead atoms. The standard InChI is InChI=1S/C15H19N3O2/c1-10(2)18(11(3)4)15(20)12-9-16-13-7-5-6-8-17(13)14(12)19/h5-11H,1-4H3. The smallest absolute Gasteiger partial charge is 0.270 e. The summed E-state index contributed by atoms with van der Waals surface area (Å²) in [5.74, 6) is -0.272. The monoisotopic (exact) mass is 273 g/mol. The van der Waals surface area contributed by atoms with Crippen LogP contribution in [0.1, 0.15) is 38.1 Å². The average molecular weight is 273 g/mol. The van der Waals surface area contributed by atoms with E-state index in [-0.39, 0.29) is 29.1 Å². The van der Waals surface area contributed by atoms with Gasteiger partial charge in [-0.15, -0.1) is 0 Å². The Bertz CT molecular complexity index is 681. The summed E-state index contributed by atoms with van der Waals surface area (Å²) < 4.78 is 1.39. The van der Waals surface area contributed by atoms with E-state index in [4.69, 9.17) is 0 Å². The molecule has 0 fully saturated rings. The van der Waals surface area contributed by atoms with E-state index < -0.39 is 0 Å². The molecule has 0 saturated heterocycles. The minimum atomic E-state index is -0.327. The molecule has 2 aromatic heterocycles. The topological polar surface area (TPSA) is 54.7 Å². The van der Waals surface area contributed by atoms with Crippen molar-refractivity contribution in [2.24, 2.45) is 0 Å². The van der Waals surface area contributed by atoms with Crippen LogP contribution in [0.5, 0.6) is 0 Å². The van der Waals surface area contributed by atoms with Gasteiger partial charge in [-0.25, -0.2) is 4.98 Å². The normalized spacial score (nSPS) is 11.3. The number of carbonyl (C=O) groups is 1. The molecule has 5 nitrogen and oxygen atoms in total. The Kier molecular flexibility index (Phi) is 3.88. The third-order valence-electron chi connectivity index (χ3n) is 3.19. The summed E-state index contributed by atoms with van der Waals surface area (Å²) in [6.07, 6.45) is 2.99. The van der Waals surface area contributed by atoms with Crippen molar-refractivity contribution in [3.05, 3.63) is 46.5 Å². The first-order valence-corrected chi connectivity index (χ1v) is 6.72. The zero-order valence-corrected chi connectivity index (χ0v) is 12.2. The van der Waals surface area contributed by atoms with E-state index in [1.807, 2.05) is 27.7 Å². The van der Waals surface area contributed by atoms with Crippen molar-refractivity contribution in [2.45, 2.75) is 39.8 Å². The maximum absolute atomic E-state index is 12.6. The summed E-state index contributed by atoms with van der Waals surface area (Å²) in [5, 5.41) is 0. The van der Waals surface area contributed by atoms with Gasteiger partial charge in [-0.1, -0.05) is 6.07 Å². The van der Waals surface area contributed by atoms with Crippen LogP contribution in [0.3, 0.4) is 0 Å². The van der Waals surface area contributed by atoms with Gasteiger partial charge < -0.3 is 4.90 Å². The Morgan fingerprint density at radius 1 is 1.20 bits per heavy atom. The highest BCUT2D eigenvalue weighted by atomic mass is 16.2. The fourth-order valence-corrected chi connectivity index (χ4v) is 2.38. The lowest BCUT2D eigenvalue weighted by Gasteiger charge is -2.30. The number of aromatic nitrogens is 2. The number of hydrogen-bond donors (Lipinski definition) is 0. The second-order valence-corrected chi connectivity index (χ2v) is 5.31. The van der Waals surface area contributed by atoms with Crippen molar-refractivity contribution < 1.29 is 4.79 Å². The fraction of sp³-hybridized carbons (Fsp3) is 0.400. The molecular weight excluding hydrogens is 254 g/mol. The molecule has 0 aliphatic rings. The molecule has 2 aromatic rings. The molecule has 0 N–H and O–H groups in total. The predicted molar refractivity (Wildman–Crippen MR) is 77.9 cm³/mol. The van der Waals surface area contributed by atoms with Crippen LogP contribution < -0.4 is 5.56 Å². The van der Waals surface area contributed by atoms with Gasteiger partial charge in [-0.3, -0.25) is 14.0 Å². The lowest BCUT2D eigenvalue weighted by atomic mass is 10.2. The highest BCUT2D eigenvalue weighted by Gasteiger charge is 2.24. The van der Waals surface area contributed by atoms with Gasteiger partial charge in [0.25, 0.3) is 11.5 Å². The van der Waals surface area contributed by atoms with Gasteiger partial charge in [-0.2, -0.15) is 0 Å². The molecular formula is C15H19N3O2. The van der Waals surface area contributed by atoms with Crippen LogP contribution in [0.2, 0.25) is 0 Å². The van der Waals surface area contributed by atoms with Gasteiger partial charge in [0.15, 0.2) is 0 Å². The van der Waals surface area contributed by atoms with Crippen molar-refractivity contribution >= 4 is 11.6 Å². The van der Waals surface area contributed by atoms with Gasteiger partial charge >= 0.3 is 0 Å². The predicted octanol–water partition coefficient (Wildman–Crippen LogP) is 1.95. The molecule has 0 aliphatic heterocycles. The van der Waals surface area contributed by atoms with Crippen LogP contribution in [0.15, 0.2) is 35.4 Å². The molecule has 0 unspecified atom stereocenters. The molecule has 0 saturated carbocycles. The Balaban J connectivity index is 2.55. The number of carbonyl (C=O) groups excluding carboxylic acids is 1. The Morgan fingerprint density at radius 3 is 2.45 bits per heavy atom. The van der Waals surface area contributed by atoms with E-state index in [0.717, 1.165) is 0 Å². The molecule has 106 valence electrons. The average Bonchev–Trinajstić information content (AvgIpc) is 2.38. The second kappa shape index (κ2) is 5.45. The van der Waals surface area contributed by atoms with Crippen LogP contribution in [-0.2, 0) is 0 Å². The van der Waals surface area contributed by atoms with Crippen LogP contribution in [0.25, 0.3) is 5.65 Å². The first-order valence-electron chi connectivity index (χ1n) is 6.72. The summed E-state index contributed by atoms with van der Waals surface area (Å²) >= 11 is 0. The molecule has 0 spiro atoms. The summed E-state index contributed by atoms with van der Waals surface area (Å²) in [4.78, 5) is 30.8. The number of rotatable bonds is 3. The third-order valence-corrected chi connectivity index (χ3v) is 3.19. The largest absolute Gasteiger partial charge is 0.334 e. The lowest BCUT2D eigenvalue weighted by Crippen LogP contribution is -2.44. The summed E-state index contributed by atoms with van der Waals surface area (Å²) in [7, 11) is 0. The van der Waals surface area contributed by atoms with Crippen molar-refractivity contribution in [3.63, 3.8) is 0 Å². The van der Waals surface area contributed by atoms with Gasteiger partial charge in [0.05, 0.1) is 0 Å². The minimum Gasteiger partial charge on any atom is -0.334 e. The molecule has 20 heavy (non-hydrogen) atoms. The van der Waals surface area contributed by atoms with Crippen LogP contribution >= 0.6 is 0 Å². The van der Waals surface area contributed by atoms with Crippen LogP contribution in [0.4, 0.5) is 0 Å². The maximum atomic E-state index is 12.6.